The molecule has 0 spiro atoms. The molecule has 3 heterocycles. The Morgan fingerprint density at radius 1 is 1.03 bits per heavy atom. The normalized spacial score (nSPS) is 21.7. The zero-order chi connectivity index (χ0) is 22.4. The van der Waals surface area contributed by atoms with Crippen LogP contribution >= 0.6 is 0 Å². The number of hydrogen-bond donors (Lipinski definition) is 1. The number of ketones is 1. The van der Waals surface area contributed by atoms with Gasteiger partial charge in [0.15, 0.2) is 23.1 Å². The van der Waals surface area contributed by atoms with Crippen molar-refractivity contribution < 1.29 is 14.3 Å². The van der Waals surface area contributed by atoms with E-state index in [1.807, 2.05) is 48.0 Å². The Morgan fingerprint density at radius 2 is 1.85 bits per heavy atom. The van der Waals surface area contributed by atoms with Gasteiger partial charge in [0.25, 0.3) is 0 Å². The van der Waals surface area contributed by atoms with Crippen molar-refractivity contribution in [3.8, 4) is 11.5 Å². The molecule has 1 N–H and O–H groups in total. The van der Waals surface area contributed by atoms with Gasteiger partial charge in [-0.15, -0.1) is 0 Å². The summed E-state index contributed by atoms with van der Waals surface area (Å²) in [5, 5.41) is 8.19. The highest BCUT2D eigenvalue weighted by Crippen LogP contribution is 2.45. The van der Waals surface area contributed by atoms with E-state index in [9.17, 15) is 4.79 Å². The number of Topliss-reactive ketones (excluding diaryl/α,β-unsaturated/α-hetero) is 1. The van der Waals surface area contributed by atoms with Gasteiger partial charge in [0.05, 0.1) is 13.2 Å². The number of allylic oxidation sites excluding steroid dienone is 2. The molecule has 3 aliphatic rings. The van der Waals surface area contributed by atoms with Gasteiger partial charge in [0.1, 0.15) is 6.04 Å². The number of nitrogens with zero attached hydrogens (tertiary/aromatic N) is 3. The summed E-state index contributed by atoms with van der Waals surface area (Å²) < 4.78 is 13.6. The van der Waals surface area contributed by atoms with E-state index in [2.05, 4.69) is 17.4 Å². The number of fused-ring (bicyclic) bond motifs is 2. The molecular formula is C26H26N4O3. The van der Waals surface area contributed by atoms with E-state index < -0.39 is 0 Å². The highest BCUT2D eigenvalue weighted by molar-refractivity contribution is 6.00. The topological polar surface area (TPSA) is 78.3 Å². The molecule has 33 heavy (non-hydrogen) atoms. The van der Waals surface area contributed by atoms with Gasteiger partial charge in [-0.25, -0.2) is 4.68 Å². The second-order valence-electron chi connectivity index (χ2n) is 8.77. The number of anilines is 1. The van der Waals surface area contributed by atoms with E-state index in [0.717, 1.165) is 47.7 Å². The Hall–Kier alpha value is -3.61. The van der Waals surface area contributed by atoms with Gasteiger partial charge in [-0.2, -0.15) is 10.1 Å². The van der Waals surface area contributed by atoms with Crippen LogP contribution in [0.4, 0.5) is 5.95 Å². The van der Waals surface area contributed by atoms with E-state index in [1.54, 1.807) is 0 Å². The quantitative estimate of drug-likeness (QED) is 0.647. The lowest BCUT2D eigenvalue weighted by atomic mass is 9.78. The number of aryl methyl sites for hydroxylation is 1. The third kappa shape index (κ3) is 3.48. The van der Waals surface area contributed by atoms with Gasteiger partial charge in [-0.3, -0.25) is 4.79 Å². The molecule has 2 aromatic carbocycles. The average Bonchev–Trinajstić information content (AvgIpc) is 3.11. The predicted molar refractivity (Wildman–Crippen MR) is 124 cm³/mol. The zero-order valence-corrected chi connectivity index (χ0v) is 18.6. The molecule has 0 saturated carbocycles. The van der Waals surface area contributed by atoms with E-state index in [-0.39, 0.29) is 17.7 Å². The first-order valence-electron chi connectivity index (χ1n) is 11.6. The van der Waals surface area contributed by atoms with Crippen molar-refractivity contribution in [3.63, 3.8) is 0 Å². The van der Waals surface area contributed by atoms with E-state index >= 15 is 0 Å². The molecule has 7 heteroatoms. The first-order valence-corrected chi connectivity index (χ1v) is 11.6. The monoisotopic (exact) mass is 442 g/mol. The van der Waals surface area contributed by atoms with E-state index in [1.165, 1.54) is 5.56 Å². The summed E-state index contributed by atoms with van der Waals surface area (Å²) in [6, 6.07) is 15.9. The molecular weight excluding hydrogens is 416 g/mol. The number of ether oxygens (including phenoxy) is 2. The fraction of sp³-hybridized carbons (Fsp3) is 0.346. The molecule has 0 amide bonds. The number of carbonyl (C=O) groups is 1. The van der Waals surface area contributed by atoms with Gasteiger partial charge < -0.3 is 14.8 Å². The Morgan fingerprint density at radius 3 is 2.67 bits per heavy atom. The molecule has 0 bridgehead atoms. The van der Waals surface area contributed by atoms with Crippen molar-refractivity contribution in [2.24, 2.45) is 0 Å². The van der Waals surface area contributed by atoms with E-state index in [0.29, 0.717) is 31.3 Å². The van der Waals surface area contributed by atoms with Crippen LogP contribution in [0.25, 0.3) is 0 Å². The Kier molecular flexibility index (Phi) is 4.89. The molecule has 2 aliphatic heterocycles. The molecule has 0 saturated heterocycles. The van der Waals surface area contributed by atoms with Gasteiger partial charge >= 0.3 is 0 Å². The fourth-order valence-corrected chi connectivity index (χ4v) is 5.03. The molecule has 1 aromatic heterocycles. The van der Waals surface area contributed by atoms with Crippen molar-refractivity contribution in [1.29, 1.82) is 0 Å². The summed E-state index contributed by atoms with van der Waals surface area (Å²) in [7, 11) is 0. The number of aromatic nitrogens is 3. The second kappa shape index (κ2) is 8.06. The molecule has 6 rings (SSSR count). The maximum Gasteiger partial charge on any atom is 0.226 e. The molecule has 0 fully saturated rings. The predicted octanol–water partition coefficient (Wildman–Crippen LogP) is 4.42. The van der Waals surface area contributed by atoms with E-state index in [4.69, 9.17) is 19.6 Å². The van der Waals surface area contributed by atoms with Gasteiger partial charge in [0, 0.05) is 30.5 Å². The SMILES string of the molecule is CCc1nc2n(n1)C(c1ccc3c(c1)OCCCO3)C1=C(CC(c3ccccc3)CC1=O)N2. The van der Waals surface area contributed by atoms with Crippen LogP contribution in [0.3, 0.4) is 0 Å². The second-order valence-corrected chi connectivity index (χ2v) is 8.77. The van der Waals surface area contributed by atoms with Gasteiger partial charge in [-0.05, 0) is 35.6 Å². The van der Waals surface area contributed by atoms with Gasteiger partial charge in [0.2, 0.25) is 5.95 Å². The first-order chi connectivity index (χ1) is 16.2. The van der Waals surface area contributed by atoms with Crippen LogP contribution in [0.2, 0.25) is 0 Å². The Labute approximate surface area is 192 Å². The molecule has 1 aliphatic carbocycles. The fourth-order valence-electron chi connectivity index (χ4n) is 5.03. The highest BCUT2D eigenvalue weighted by Gasteiger charge is 2.40. The Balaban J connectivity index is 1.46. The summed E-state index contributed by atoms with van der Waals surface area (Å²) in [5.41, 5.74) is 3.86. The maximum absolute atomic E-state index is 13.6. The average molecular weight is 443 g/mol. The molecule has 168 valence electrons. The zero-order valence-electron chi connectivity index (χ0n) is 18.6. The summed E-state index contributed by atoms with van der Waals surface area (Å²) in [4.78, 5) is 18.3. The smallest absolute Gasteiger partial charge is 0.226 e. The minimum atomic E-state index is -0.342. The lowest BCUT2D eigenvalue weighted by Gasteiger charge is -2.35. The Bertz CT molecular complexity index is 1250. The lowest BCUT2D eigenvalue weighted by molar-refractivity contribution is -0.116. The largest absolute Gasteiger partial charge is 0.490 e. The minimum Gasteiger partial charge on any atom is -0.490 e. The van der Waals surface area contributed by atoms with Gasteiger partial charge in [-0.1, -0.05) is 43.3 Å². The number of carbonyl (C=O) groups excluding carboxylic acids is 1. The van der Waals surface area contributed by atoms with Crippen LogP contribution in [0.15, 0.2) is 59.8 Å². The number of benzene rings is 2. The van der Waals surface area contributed by atoms with Crippen molar-refractivity contribution in [1.82, 2.24) is 14.8 Å². The molecule has 7 nitrogen and oxygen atoms in total. The summed E-state index contributed by atoms with van der Waals surface area (Å²) in [6.45, 7) is 3.29. The number of hydrogen-bond acceptors (Lipinski definition) is 6. The standard InChI is InChI=1S/C26H26N4O3/c1-2-23-28-26-27-19-13-18(16-7-4-3-5-8-16)14-20(31)24(19)25(30(26)29-23)17-9-10-21-22(15-17)33-12-6-11-32-21/h3-5,7-10,15,18,25H,2,6,11-14H2,1H3,(H,27,28,29). The molecule has 2 unspecified atom stereocenters. The summed E-state index contributed by atoms with van der Waals surface area (Å²) in [6.07, 6.45) is 2.82. The number of rotatable bonds is 3. The van der Waals surface area contributed by atoms with Crippen molar-refractivity contribution in [2.45, 2.75) is 44.6 Å². The van der Waals surface area contributed by atoms with Crippen LogP contribution in [0, 0.1) is 0 Å². The van der Waals surface area contributed by atoms with Crippen LogP contribution in [0.1, 0.15) is 55.1 Å². The van der Waals surface area contributed by atoms with Crippen LogP contribution < -0.4 is 14.8 Å². The van der Waals surface area contributed by atoms with Crippen LogP contribution in [-0.4, -0.2) is 33.8 Å². The summed E-state index contributed by atoms with van der Waals surface area (Å²) in [5.74, 6) is 3.19. The van der Waals surface area contributed by atoms with Crippen LogP contribution in [0.5, 0.6) is 11.5 Å². The van der Waals surface area contributed by atoms with Crippen molar-refractivity contribution in [2.75, 3.05) is 18.5 Å². The highest BCUT2D eigenvalue weighted by atomic mass is 16.5. The first kappa shape index (κ1) is 20.0. The third-order valence-corrected chi connectivity index (χ3v) is 6.64. The van der Waals surface area contributed by atoms with Crippen LogP contribution in [-0.2, 0) is 11.2 Å². The lowest BCUT2D eigenvalue weighted by Crippen LogP contribution is -2.33. The van der Waals surface area contributed by atoms with Crippen molar-refractivity contribution in [3.05, 3.63) is 76.8 Å². The molecule has 3 aromatic rings. The summed E-state index contributed by atoms with van der Waals surface area (Å²) >= 11 is 0. The maximum atomic E-state index is 13.6. The third-order valence-electron chi connectivity index (χ3n) is 6.64. The molecule has 0 radical (unpaired) electrons. The molecule has 2 atom stereocenters. The van der Waals surface area contributed by atoms with Crippen molar-refractivity contribution >= 4 is 11.7 Å². The number of nitrogens with one attached hydrogen (secondary N) is 1. The minimum absolute atomic E-state index is 0.147.